The Balaban J connectivity index is 1.56. The molecule has 0 saturated carbocycles. The van der Waals surface area contributed by atoms with Crippen LogP contribution in [0, 0.1) is 5.92 Å². The number of alkyl halides is 2. The van der Waals surface area contributed by atoms with E-state index in [0.717, 1.165) is 17.6 Å². The van der Waals surface area contributed by atoms with Crippen molar-refractivity contribution in [3.8, 4) is 5.88 Å². The molecule has 3 rings (SSSR count). The number of carbonyl (C=O) groups excluding carboxylic acids is 2. The topological polar surface area (TPSA) is 124 Å². The van der Waals surface area contributed by atoms with E-state index in [4.69, 9.17) is 10.5 Å². The van der Waals surface area contributed by atoms with Gasteiger partial charge in [-0.2, -0.15) is 4.37 Å². The summed E-state index contributed by atoms with van der Waals surface area (Å²) in [6.07, 6.45) is 9.72. The number of ether oxygens (including phenoxy) is 1. The number of halogens is 3. The van der Waals surface area contributed by atoms with Crippen LogP contribution in [0.4, 0.5) is 18.6 Å². The van der Waals surface area contributed by atoms with E-state index in [2.05, 4.69) is 20.0 Å². The maximum atomic E-state index is 14.5. The number of primary amides is 1. The number of nitrogens with one attached hydrogen (secondary N) is 2. The standard InChI is InChI=1S/C18H19F2IN6O3S/c19-12-4-1-3-11(18(12,20)21)9-30-15-13(14(22)28)16(31-26-15)25-17(29)24-5-2-7-27-8-6-23-10-27/h1,3-4,6,8,10-11H,2,5,7,9H2,(H2,22,28)(H2,24,25,29). The van der Waals surface area contributed by atoms with Crippen LogP contribution < -0.4 is 21.1 Å². The molecule has 2 unspecified atom stereocenters. The minimum atomic E-state index is -2.27. The van der Waals surface area contributed by atoms with Crippen molar-refractivity contribution in [2.24, 2.45) is 11.7 Å². The highest BCUT2D eigenvalue weighted by molar-refractivity contribution is 14.1. The smallest absolute Gasteiger partial charge is 0.319 e. The van der Waals surface area contributed by atoms with Gasteiger partial charge in [0.15, 0.2) is 0 Å². The molecule has 0 saturated heterocycles. The van der Waals surface area contributed by atoms with E-state index in [1.165, 1.54) is 34.7 Å². The molecule has 2 atom stereocenters. The summed E-state index contributed by atoms with van der Waals surface area (Å²) in [5.41, 5.74) is 5.27. The summed E-state index contributed by atoms with van der Waals surface area (Å²) in [4.78, 5) is 27.9. The van der Waals surface area contributed by atoms with Crippen LogP contribution in [0.15, 0.2) is 42.8 Å². The molecule has 1 aliphatic carbocycles. The monoisotopic (exact) mass is 564 g/mol. The van der Waals surface area contributed by atoms with Gasteiger partial charge in [-0.05, 0) is 46.6 Å². The second-order valence-electron chi connectivity index (χ2n) is 6.53. The lowest BCUT2D eigenvalue weighted by atomic mass is 9.99. The van der Waals surface area contributed by atoms with Crippen LogP contribution in [-0.4, -0.2) is 42.7 Å². The number of nitrogens with two attached hydrogens (primary N) is 1. The Bertz CT molecular complexity index is 993. The molecule has 166 valence electrons. The van der Waals surface area contributed by atoms with Gasteiger partial charge in [0.05, 0.1) is 12.2 Å². The van der Waals surface area contributed by atoms with Crippen LogP contribution in [0.1, 0.15) is 16.8 Å². The SMILES string of the molecule is NC(=O)c1c(OCC2C=CC=C(F)C2(F)I)nsc1NC(=O)NCCCn1ccnc1. The Morgan fingerprint density at radius 2 is 2.26 bits per heavy atom. The molecule has 9 nitrogen and oxygen atoms in total. The number of aryl methyl sites for hydroxylation is 1. The predicted molar refractivity (Wildman–Crippen MR) is 120 cm³/mol. The van der Waals surface area contributed by atoms with Gasteiger partial charge in [-0.15, -0.1) is 0 Å². The molecule has 0 spiro atoms. The van der Waals surface area contributed by atoms with Gasteiger partial charge < -0.3 is 20.4 Å². The Morgan fingerprint density at radius 3 is 2.97 bits per heavy atom. The van der Waals surface area contributed by atoms with Gasteiger partial charge in [0.2, 0.25) is 9.56 Å². The number of amides is 3. The molecule has 13 heteroatoms. The van der Waals surface area contributed by atoms with Crippen LogP contribution in [0.3, 0.4) is 0 Å². The molecule has 0 fully saturated rings. The summed E-state index contributed by atoms with van der Waals surface area (Å²) in [5.74, 6) is -2.88. The van der Waals surface area contributed by atoms with Crippen LogP contribution in [0.25, 0.3) is 0 Å². The summed E-state index contributed by atoms with van der Waals surface area (Å²) < 4.78 is 37.3. The normalized spacial score (nSPS) is 20.2. The molecule has 4 N–H and O–H groups in total. The summed E-state index contributed by atoms with van der Waals surface area (Å²) in [6, 6.07) is -0.541. The van der Waals surface area contributed by atoms with Crippen molar-refractivity contribution in [2.45, 2.75) is 16.6 Å². The van der Waals surface area contributed by atoms with Crippen LogP contribution in [-0.2, 0) is 6.54 Å². The Hall–Kier alpha value is -2.55. The van der Waals surface area contributed by atoms with E-state index < -0.39 is 27.4 Å². The van der Waals surface area contributed by atoms with E-state index >= 15 is 0 Å². The molecule has 3 amide bonds. The number of nitrogens with zero attached hydrogens (tertiary/aromatic N) is 3. The van der Waals surface area contributed by atoms with Crippen molar-refractivity contribution >= 4 is 51.1 Å². The number of carbonyl (C=O) groups is 2. The van der Waals surface area contributed by atoms with Gasteiger partial charge in [0.1, 0.15) is 23.0 Å². The van der Waals surface area contributed by atoms with Gasteiger partial charge in [-0.3, -0.25) is 10.1 Å². The van der Waals surface area contributed by atoms with Crippen molar-refractivity contribution in [1.29, 1.82) is 0 Å². The van der Waals surface area contributed by atoms with Crippen molar-refractivity contribution in [3.05, 3.63) is 48.3 Å². The molecule has 1 aliphatic rings. The minimum Gasteiger partial charge on any atom is -0.476 e. The molecule has 0 aromatic carbocycles. The number of allylic oxidation sites excluding steroid dienone is 3. The third kappa shape index (κ3) is 5.78. The van der Waals surface area contributed by atoms with Gasteiger partial charge in [0.25, 0.3) is 5.91 Å². The summed E-state index contributed by atoms with van der Waals surface area (Å²) >= 11 is 2.16. The van der Waals surface area contributed by atoms with E-state index in [1.807, 2.05) is 10.8 Å². The maximum absolute atomic E-state index is 14.5. The van der Waals surface area contributed by atoms with Gasteiger partial charge in [-0.25, -0.2) is 18.6 Å². The number of imidazole rings is 1. The lowest BCUT2D eigenvalue weighted by Gasteiger charge is -2.26. The first kappa shape index (κ1) is 23.1. The van der Waals surface area contributed by atoms with Gasteiger partial charge >= 0.3 is 6.03 Å². The van der Waals surface area contributed by atoms with E-state index in [-0.39, 0.29) is 23.1 Å². The van der Waals surface area contributed by atoms with Crippen LogP contribution in [0.5, 0.6) is 5.88 Å². The molecule has 2 aromatic rings. The highest BCUT2D eigenvalue weighted by Gasteiger charge is 2.42. The number of aromatic nitrogens is 3. The second kappa shape index (κ2) is 10.2. The molecule has 31 heavy (non-hydrogen) atoms. The number of anilines is 1. The molecule has 0 bridgehead atoms. The van der Waals surface area contributed by atoms with Crippen molar-refractivity contribution in [3.63, 3.8) is 0 Å². The minimum absolute atomic E-state index is 0.0980. The van der Waals surface area contributed by atoms with E-state index in [1.54, 1.807) is 12.5 Å². The molecule has 0 aliphatic heterocycles. The Kier molecular flexibility index (Phi) is 7.59. The van der Waals surface area contributed by atoms with Crippen LogP contribution in [0.2, 0.25) is 0 Å². The average Bonchev–Trinajstić information content (AvgIpc) is 3.36. The summed E-state index contributed by atoms with van der Waals surface area (Å²) in [6.45, 7) is 0.796. The molecule has 2 heterocycles. The Morgan fingerprint density at radius 1 is 1.45 bits per heavy atom. The lowest BCUT2D eigenvalue weighted by molar-refractivity contribution is 0.0995. The first-order chi connectivity index (χ1) is 14.8. The number of rotatable bonds is 9. The fourth-order valence-corrected chi connectivity index (χ4v) is 4.02. The van der Waals surface area contributed by atoms with E-state index in [9.17, 15) is 18.4 Å². The predicted octanol–water partition coefficient (Wildman–Crippen LogP) is 3.17. The third-order valence-electron chi connectivity index (χ3n) is 4.34. The highest BCUT2D eigenvalue weighted by atomic mass is 127. The number of hydrogen-bond acceptors (Lipinski definition) is 6. The zero-order chi connectivity index (χ0) is 22.4. The molecule has 2 aromatic heterocycles. The Labute approximate surface area is 194 Å². The zero-order valence-corrected chi connectivity index (χ0v) is 19.0. The second-order valence-corrected chi connectivity index (χ2v) is 8.87. The lowest BCUT2D eigenvalue weighted by Crippen LogP contribution is -2.32. The molecular weight excluding hydrogens is 545 g/mol. The van der Waals surface area contributed by atoms with Gasteiger partial charge in [0, 0.05) is 25.5 Å². The molecular formula is C18H19F2IN6O3S. The van der Waals surface area contributed by atoms with Crippen molar-refractivity contribution < 1.29 is 23.1 Å². The average molecular weight is 564 g/mol. The first-order valence-electron chi connectivity index (χ1n) is 9.14. The number of urea groups is 1. The van der Waals surface area contributed by atoms with E-state index in [0.29, 0.717) is 19.5 Å². The summed E-state index contributed by atoms with van der Waals surface area (Å²) in [7, 11) is 0. The quantitative estimate of drug-likeness (QED) is 0.245. The van der Waals surface area contributed by atoms with Gasteiger partial charge in [-0.1, -0.05) is 12.2 Å². The fraction of sp³-hybridized carbons (Fsp3) is 0.333. The molecule has 0 radical (unpaired) electrons. The third-order valence-corrected chi connectivity index (χ3v) is 6.40. The zero-order valence-electron chi connectivity index (χ0n) is 16.1. The van der Waals surface area contributed by atoms with Crippen molar-refractivity contribution in [1.82, 2.24) is 19.2 Å². The summed E-state index contributed by atoms with van der Waals surface area (Å²) in [5, 5.41) is 5.28. The fourth-order valence-electron chi connectivity index (χ4n) is 2.72. The maximum Gasteiger partial charge on any atom is 0.319 e. The first-order valence-corrected chi connectivity index (χ1v) is 11.0. The number of hydrogen-bond donors (Lipinski definition) is 3. The largest absolute Gasteiger partial charge is 0.476 e. The van der Waals surface area contributed by atoms with Crippen LogP contribution >= 0.6 is 34.1 Å². The van der Waals surface area contributed by atoms with Crippen molar-refractivity contribution in [2.75, 3.05) is 18.5 Å². The highest BCUT2D eigenvalue weighted by Crippen LogP contribution is 2.42.